The number of rotatable bonds is 10. The minimum atomic E-state index is -5.00. The van der Waals surface area contributed by atoms with Crippen LogP contribution < -0.4 is 21.3 Å². The summed E-state index contributed by atoms with van der Waals surface area (Å²) in [7, 11) is -5.00. The molecule has 2 aliphatic rings. The van der Waals surface area contributed by atoms with Crippen LogP contribution in [0.25, 0.3) is 10.9 Å². The normalized spacial score (nSPS) is 17.8. The van der Waals surface area contributed by atoms with E-state index in [2.05, 4.69) is 20.6 Å². The topological polar surface area (TPSA) is 225 Å². The molecule has 7 N–H and O–H groups in total. The van der Waals surface area contributed by atoms with E-state index in [1.54, 1.807) is 24.4 Å². The third kappa shape index (κ3) is 6.50. The van der Waals surface area contributed by atoms with Gasteiger partial charge in [-0.15, -0.1) is 0 Å². The zero-order chi connectivity index (χ0) is 34.3. The number of aromatic nitrogens is 2. The summed E-state index contributed by atoms with van der Waals surface area (Å²) in [5.41, 5.74) is 8.26. The zero-order valence-electron chi connectivity index (χ0n) is 25.8. The molecular formula is C33H33N6O8P. The molecule has 0 unspecified atom stereocenters. The average Bonchev–Trinajstić information content (AvgIpc) is 3.62. The maximum atomic E-state index is 14.2. The molecule has 4 heterocycles. The molecule has 6 rings (SSSR count). The molecule has 48 heavy (non-hydrogen) atoms. The van der Waals surface area contributed by atoms with Gasteiger partial charge in [0.25, 0.3) is 11.4 Å². The molecule has 2 aliphatic heterocycles. The van der Waals surface area contributed by atoms with Crippen molar-refractivity contribution in [3.8, 4) is 0 Å². The van der Waals surface area contributed by atoms with Crippen LogP contribution in [0.5, 0.6) is 0 Å². The first-order chi connectivity index (χ1) is 22.8. The van der Waals surface area contributed by atoms with Gasteiger partial charge in [-0.05, 0) is 73.7 Å². The predicted molar refractivity (Wildman–Crippen MR) is 174 cm³/mol. The van der Waals surface area contributed by atoms with Crippen molar-refractivity contribution in [3.05, 3.63) is 94.4 Å². The highest BCUT2D eigenvalue weighted by molar-refractivity contribution is 7.70. The van der Waals surface area contributed by atoms with E-state index in [1.165, 1.54) is 29.2 Å². The molecule has 0 saturated heterocycles. The maximum Gasteiger partial charge on any atom is 0.396 e. The first-order valence-electron chi connectivity index (χ1n) is 15.3. The number of hydrogen-bond donors (Lipinski definition) is 6. The molecule has 0 radical (unpaired) electrons. The first-order valence-corrected chi connectivity index (χ1v) is 16.9. The number of carbonyl (C=O) groups excluding carboxylic acids is 5. The van der Waals surface area contributed by atoms with Crippen molar-refractivity contribution in [3.63, 3.8) is 0 Å². The van der Waals surface area contributed by atoms with E-state index in [4.69, 9.17) is 5.73 Å². The van der Waals surface area contributed by atoms with Crippen molar-refractivity contribution >= 4 is 53.3 Å². The number of pyridine rings is 1. The number of aryl methyl sites for hydroxylation is 2. The van der Waals surface area contributed by atoms with Gasteiger partial charge in [-0.1, -0.05) is 23.8 Å². The molecule has 2 aromatic carbocycles. The van der Waals surface area contributed by atoms with Gasteiger partial charge in [-0.3, -0.25) is 38.4 Å². The van der Waals surface area contributed by atoms with Gasteiger partial charge in [-0.25, -0.2) is 0 Å². The standard InChI is InChI=1S/C33H33N6O8P/c1-17-12-18-5-8-25(38-30(41)26-15-20-14-19(6-7-22(20)36-26)33(44)48(45,46)47)32(43)39-27(16-21(13-17)29(18)39)31(42)37-24(9-10-28(34)40)23-4-2-3-11-35-23/h2-4,6-7,11-15,24-25,27,36H,5,8-10,16H2,1H3,(H2,34,40)(H,37,42)(H,38,41)(H2,45,46,47)/t24-,25-,27-/m0/s1. The maximum absolute atomic E-state index is 14.2. The summed E-state index contributed by atoms with van der Waals surface area (Å²) in [4.78, 5) is 92.6. The Morgan fingerprint density at radius 1 is 1.10 bits per heavy atom. The van der Waals surface area contributed by atoms with E-state index in [9.17, 15) is 38.3 Å². The molecule has 15 heteroatoms. The molecule has 0 aliphatic carbocycles. The second-order valence-corrected chi connectivity index (χ2v) is 13.6. The number of nitrogens with one attached hydrogen (secondary N) is 3. The Morgan fingerprint density at radius 3 is 2.58 bits per heavy atom. The number of hydrogen-bond acceptors (Lipinski definition) is 7. The number of carbonyl (C=O) groups is 5. The van der Waals surface area contributed by atoms with Gasteiger partial charge in [0, 0.05) is 35.5 Å². The summed E-state index contributed by atoms with van der Waals surface area (Å²) in [6.07, 6.45) is 2.79. The van der Waals surface area contributed by atoms with E-state index in [0.717, 1.165) is 16.7 Å². The molecule has 14 nitrogen and oxygen atoms in total. The molecule has 2 aromatic heterocycles. The van der Waals surface area contributed by atoms with E-state index in [-0.39, 0.29) is 36.9 Å². The Balaban J connectivity index is 1.26. The molecule has 4 amide bonds. The lowest BCUT2D eigenvalue weighted by atomic mass is 9.98. The third-order valence-electron chi connectivity index (χ3n) is 8.64. The molecule has 0 saturated carbocycles. The van der Waals surface area contributed by atoms with Crippen LogP contribution in [0.3, 0.4) is 0 Å². The molecule has 0 bridgehead atoms. The summed E-state index contributed by atoms with van der Waals surface area (Å²) in [6.45, 7) is 1.94. The highest BCUT2D eigenvalue weighted by atomic mass is 31.2. The second kappa shape index (κ2) is 12.8. The molecule has 0 fully saturated rings. The van der Waals surface area contributed by atoms with Crippen molar-refractivity contribution in [1.82, 2.24) is 20.6 Å². The van der Waals surface area contributed by atoms with Crippen LogP contribution in [-0.4, -0.2) is 61.0 Å². The van der Waals surface area contributed by atoms with Crippen molar-refractivity contribution in [2.24, 2.45) is 5.73 Å². The highest BCUT2D eigenvalue weighted by Crippen LogP contribution is 2.41. The number of anilines is 1. The molecular weight excluding hydrogens is 639 g/mol. The summed E-state index contributed by atoms with van der Waals surface area (Å²) in [5.74, 6) is -2.03. The van der Waals surface area contributed by atoms with E-state index in [1.807, 2.05) is 19.1 Å². The predicted octanol–water partition coefficient (Wildman–Crippen LogP) is 2.31. The number of aromatic amines is 1. The van der Waals surface area contributed by atoms with Gasteiger partial charge in [0.2, 0.25) is 17.7 Å². The van der Waals surface area contributed by atoms with E-state index < -0.39 is 54.9 Å². The lowest BCUT2D eigenvalue weighted by Gasteiger charge is -2.29. The highest BCUT2D eigenvalue weighted by Gasteiger charge is 2.44. The smallest absolute Gasteiger partial charge is 0.370 e. The van der Waals surface area contributed by atoms with Crippen molar-refractivity contribution in [2.75, 3.05) is 4.90 Å². The van der Waals surface area contributed by atoms with Crippen LogP contribution in [0.15, 0.2) is 60.8 Å². The van der Waals surface area contributed by atoms with Crippen molar-refractivity contribution in [2.45, 2.75) is 57.2 Å². The SMILES string of the molecule is Cc1cc2c3c(c1)C[C@@H](C(=O)N[C@@H](CCC(N)=O)c1ccccn1)N3C(=O)[C@@H](NC(=O)c1cc3cc(C(=O)P(=O)(O)O)ccc3[nH]1)CC2. The van der Waals surface area contributed by atoms with Crippen LogP contribution in [-0.2, 0) is 31.8 Å². The Morgan fingerprint density at radius 2 is 1.88 bits per heavy atom. The van der Waals surface area contributed by atoms with Gasteiger partial charge in [0.05, 0.1) is 17.4 Å². The molecule has 4 aromatic rings. The van der Waals surface area contributed by atoms with Crippen LogP contribution >= 0.6 is 7.60 Å². The van der Waals surface area contributed by atoms with Crippen LogP contribution in [0, 0.1) is 6.92 Å². The van der Waals surface area contributed by atoms with Crippen molar-refractivity contribution < 1.29 is 38.3 Å². The monoisotopic (exact) mass is 672 g/mol. The summed E-state index contributed by atoms with van der Waals surface area (Å²) < 4.78 is 11.4. The van der Waals surface area contributed by atoms with Crippen LogP contribution in [0.4, 0.5) is 5.69 Å². The van der Waals surface area contributed by atoms with Gasteiger partial charge in [0.1, 0.15) is 17.8 Å². The van der Waals surface area contributed by atoms with Crippen LogP contribution in [0.2, 0.25) is 0 Å². The summed E-state index contributed by atoms with van der Waals surface area (Å²) in [6, 6.07) is 12.0. The van der Waals surface area contributed by atoms with E-state index >= 15 is 0 Å². The fourth-order valence-electron chi connectivity index (χ4n) is 6.47. The number of amides is 4. The minimum Gasteiger partial charge on any atom is -0.370 e. The Bertz CT molecular complexity index is 2020. The fraction of sp³-hybridized carbons (Fsp3) is 0.273. The number of fused-ring (bicyclic) bond motifs is 1. The molecule has 3 atom stereocenters. The van der Waals surface area contributed by atoms with E-state index in [0.29, 0.717) is 28.7 Å². The Kier molecular flexibility index (Phi) is 8.73. The largest absolute Gasteiger partial charge is 0.396 e. The van der Waals surface area contributed by atoms with Crippen LogP contribution in [0.1, 0.15) is 68.5 Å². The molecule has 248 valence electrons. The lowest BCUT2D eigenvalue weighted by Crippen LogP contribution is -2.54. The summed E-state index contributed by atoms with van der Waals surface area (Å²) in [5, 5.41) is 6.15. The van der Waals surface area contributed by atoms with Crippen molar-refractivity contribution in [1.29, 1.82) is 0 Å². The Labute approximate surface area is 274 Å². The number of primary amides is 1. The van der Waals surface area contributed by atoms with Gasteiger partial charge in [0.15, 0.2) is 0 Å². The van der Waals surface area contributed by atoms with Gasteiger partial charge < -0.3 is 31.1 Å². The first kappa shape index (κ1) is 32.8. The minimum absolute atomic E-state index is 0.0154. The quantitative estimate of drug-likeness (QED) is 0.136. The Hall–Kier alpha value is -5.17. The molecule has 0 spiro atoms. The second-order valence-electron chi connectivity index (χ2n) is 12.1. The fourth-order valence-corrected chi connectivity index (χ4v) is 6.94. The number of H-pyrrole nitrogens is 1. The lowest BCUT2D eigenvalue weighted by molar-refractivity contribution is -0.127. The van der Waals surface area contributed by atoms with Gasteiger partial charge in [-0.2, -0.15) is 0 Å². The number of benzene rings is 2. The number of nitrogens with two attached hydrogens (primary N) is 1. The number of nitrogens with zero attached hydrogens (tertiary/aromatic N) is 2. The van der Waals surface area contributed by atoms with Gasteiger partial charge >= 0.3 is 7.60 Å². The average molecular weight is 673 g/mol. The summed E-state index contributed by atoms with van der Waals surface area (Å²) >= 11 is 0. The zero-order valence-corrected chi connectivity index (χ0v) is 26.7. The third-order valence-corrected chi connectivity index (χ3v) is 9.43.